The molecular weight excluding hydrogens is 556 g/mol. The van der Waals surface area contributed by atoms with E-state index in [0.29, 0.717) is 18.4 Å². The first kappa shape index (κ1) is 31.2. The van der Waals surface area contributed by atoms with Crippen molar-refractivity contribution in [2.75, 3.05) is 37.3 Å². The van der Waals surface area contributed by atoms with Crippen LogP contribution in [0.25, 0.3) is 0 Å². The van der Waals surface area contributed by atoms with Gasteiger partial charge in [0.25, 0.3) is 11.8 Å². The van der Waals surface area contributed by atoms with Crippen LogP contribution < -0.4 is 10.2 Å². The van der Waals surface area contributed by atoms with E-state index in [1.54, 1.807) is 12.1 Å². The number of ketones is 1. The van der Waals surface area contributed by atoms with Gasteiger partial charge in [-0.25, -0.2) is 8.42 Å². The van der Waals surface area contributed by atoms with Crippen LogP contribution in [0.1, 0.15) is 61.3 Å². The van der Waals surface area contributed by atoms with Gasteiger partial charge in [-0.1, -0.05) is 19.9 Å². The molecular formula is C31H40N4O6S. The number of hydrogen-bond donors (Lipinski definition) is 1. The Morgan fingerprint density at radius 1 is 1.00 bits per heavy atom. The lowest BCUT2D eigenvalue weighted by Crippen LogP contribution is -2.53. The van der Waals surface area contributed by atoms with Gasteiger partial charge in [0, 0.05) is 42.7 Å². The minimum atomic E-state index is -3.52. The van der Waals surface area contributed by atoms with Gasteiger partial charge >= 0.3 is 0 Å². The van der Waals surface area contributed by atoms with Crippen molar-refractivity contribution in [3.8, 4) is 0 Å². The molecule has 0 saturated carbocycles. The zero-order valence-corrected chi connectivity index (χ0v) is 25.7. The second-order valence-corrected chi connectivity index (χ2v) is 13.4. The first-order valence-electron chi connectivity index (χ1n) is 14.5. The van der Waals surface area contributed by atoms with Gasteiger partial charge in [-0.05, 0) is 75.1 Å². The molecule has 42 heavy (non-hydrogen) atoms. The Kier molecular flexibility index (Phi) is 9.40. The van der Waals surface area contributed by atoms with Crippen LogP contribution >= 0.6 is 0 Å². The lowest BCUT2D eigenvalue weighted by Gasteiger charge is -2.29. The summed E-state index contributed by atoms with van der Waals surface area (Å²) < 4.78 is 24.0. The molecule has 0 unspecified atom stereocenters. The molecule has 0 spiro atoms. The molecule has 2 aromatic carbocycles. The summed E-state index contributed by atoms with van der Waals surface area (Å²) in [5.41, 5.74) is 1.63. The summed E-state index contributed by atoms with van der Waals surface area (Å²) in [7, 11) is -3.52. The van der Waals surface area contributed by atoms with Gasteiger partial charge in [0.05, 0.1) is 17.5 Å². The number of fused-ring (bicyclic) bond motifs is 1. The SMILES string of the molecule is CCN(CC)c1ccc(C(=O)N[C@@H](CC(C)C)C(=O)N2CC[C@@H]3[C@H]2C(=O)CN3C(=O)c2cccc(S(C)(=O)=O)c2)cc1. The molecule has 2 aliphatic rings. The van der Waals surface area contributed by atoms with Crippen molar-refractivity contribution in [1.82, 2.24) is 15.1 Å². The van der Waals surface area contributed by atoms with E-state index in [4.69, 9.17) is 0 Å². The number of rotatable bonds is 10. The predicted molar refractivity (Wildman–Crippen MR) is 160 cm³/mol. The van der Waals surface area contributed by atoms with E-state index < -0.39 is 33.9 Å². The van der Waals surface area contributed by atoms with Crippen molar-refractivity contribution in [1.29, 1.82) is 0 Å². The highest BCUT2D eigenvalue weighted by Crippen LogP contribution is 2.32. The van der Waals surface area contributed by atoms with E-state index in [-0.39, 0.29) is 47.1 Å². The van der Waals surface area contributed by atoms with Crippen LogP contribution in [0.15, 0.2) is 53.4 Å². The van der Waals surface area contributed by atoms with Gasteiger partial charge in [-0.3, -0.25) is 19.2 Å². The summed E-state index contributed by atoms with van der Waals surface area (Å²) in [5.74, 6) is -1.31. The van der Waals surface area contributed by atoms with Crippen LogP contribution in [-0.4, -0.2) is 92.3 Å². The number of anilines is 1. The number of amides is 3. The van der Waals surface area contributed by atoms with Crippen LogP contribution in [0.4, 0.5) is 5.69 Å². The molecule has 2 aromatic rings. The maximum Gasteiger partial charge on any atom is 0.254 e. The van der Waals surface area contributed by atoms with Gasteiger partial charge in [-0.15, -0.1) is 0 Å². The average molecular weight is 597 g/mol. The predicted octanol–water partition coefficient (Wildman–Crippen LogP) is 2.78. The fourth-order valence-corrected chi connectivity index (χ4v) is 6.58. The van der Waals surface area contributed by atoms with Gasteiger partial charge in [0.15, 0.2) is 15.6 Å². The van der Waals surface area contributed by atoms with Crippen LogP contribution in [0.3, 0.4) is 0 Å². The third kappa shape index (κ3) is 6.51. The standard InChI is InChI=1S/C31H40N4O6S/c1-6-33(7-2)23-13-11-21(12-14-23)29(37)32-25(17-20(3)4)31(39)34-16-15-26-28(34)27(36)19-35(26)30(38)22-9-8-10-24(18-22)42(5,40)41/h8-14,18,20,25-26,28H,6-7,15-17,19H2,1-5H3,(H,32,37)/t25-,26+,28-/m0/s1. The molecule has 11 heteroatoms. The molecule has 2 fully saturated rings. The molecule has 2 saturated heterocycles. The van der Waals surface area contributed by atoms with Crippen LogP contribution in [-0.2, 0) is 19.4 Å². The quantitative estimate of drug-likeness (QED) is 0.447. The van der Waals surface area contributed by atoms with E-state index in [2.05, 4.69) is 24.1 Å². The molecule has 4 rings (SSSR count). The summed E-state index contributed by atoms with van der Waals surface area (Å²) in [6, 6.07) is 10.9. The molecule has 1 N–H and O–H groups in total. The van der Waals surface area contributed by atoms with Crippen molar-refractivity contribution >= 4 is 39.0 Å². The topological polar surface area (TPSA) is 124 Å². The van der Waals surface area contributed by atoms with E-state index >= 15 is 0 Å². The fraction of sp³-hybridized carbons (Fsp3) is 0.484. The number of nitrogens with zero attached hydrogens (tertiary/aromatic N) is 3. The third-order valence-corrected chi connectivity index (χ3v) is 9.15. The number of carbonyl (C=O) groups excluding carboxylic acids is 4. The molecule has 10 nitrogen and oxygen atoms in total. The highest BCUT2D eigenvalue weighted by atomic mass is 32.2. The summed E-state index contributed by atoms with van der Waals surface area (Å²) in [4.78, 5) is 58.8. The van der Waals surface area contributed by atoms with Crippen LogP contribution in [0, 0.1) is 5.92 Å². The van der Waals surface area contributed by atoms with Crippen molar-refractivity contribution in [2.45, 2.75) is 63.6 Å². The maximum absolute atomic E-state index is 13.8. The van der Waals surface area contributed by atoms with E-state index in [9.17, 15) is 27.6 Å². The van der Waals surface area contributed by atoms with E-state index in [0.717, 1.165) is 25.0 Å². The average Bonchev–Trinajstić information content (AvgIpc) is 3.53. The monoisotopic (exact) mass is 596 g/mol. The van der Waals surface area contributed by atoms with Gasteiger partial charge < -0.3 is 20.0 Å². The van der Waals surface area contributed by atoms with Gasteiger partial charge in [-0.2, -0.15) is 0 Å². The molecule has 2 aliphatic heterocycles. The minimum absolute atomic E-state index is 0.0219. The first-order chi connectivity index (χ1) is 19.8. The summed E-state index contributed by atoms with van der Waals surface area (Å²) in [6.07, 6.45) is 1.88. The number of sulfone groups is 1. The Labute approximate surface area is 248 Å². The van der Waals surface area contributed by atoms with E-state index in [1.165, 1.54) is 34.1 Å². The maximum atomic E-state index is 13.8. The molecule has 0 aliphatic carbocycles. The van der Waals surface area contributed by atoms with Gasteiger partial charge in [0.1, 0.15) is 12.1 Å². The summed E-state index contributed by atoms with van der Waals surface area (Å²) in [6.45, 7) is 9.86. The Hall–Kier alpha value is -3.73. The number of benzene rings is 2. The highest BCUT2D eigenvalue weighted by molar-refractivity contribution is 7.90. The molecule has 3 amide bonds. The molecule has 0 bridgehead atoms. The van der Waals surface area contributed by atoms with Crippen LogP contribution in [0.5, 0.6) is 0 Å². The normalized spacial score (nSPS) is 19.1. The van der Waals surface area contributed by atoms with Crippen LogP contribution in [0.2, 0.25) is 0 Å². The molecule has 0 aromatic heterocycles. The fourth-order valence-electron chi connectivity index (χ4n) is 5.91. The lowest BCUT2D eigenvalue weighted by molar-refractivity contribution is -0.138. The zero-order chi connectivity index (χ0) is 30.8. The van der Waals surface area contributed by atoms with E-state index in [1.807, 2.05) is 26.0 Å². The Balaban J connectivity index is 1.50. The van der Waals surface area contributed by atoms with Gasteiger partial charge in [0.2, 0.25) is 5.91 Å². The Morgan fingerprint density at radius 3 is 2.26 bits per heavy atom. The van der Waals surface area contributed by atoms with Crippen molar-refractivity contribution < 1.29 is 27.6 Å². The molecule has 0 radical (unpaired) electrons. The van der Waals surface area contributed by atoms with Crippen molar-refractivity contribution in [2.24, 2.45) is 5.92 Å². The summed E-state index contributed by atoms with van der Waals surface area (Å²) >= 11 is 0. The zero-order valence-electron chi connectivity index (χ0n) is 24.9. The first-order valence-corrected chi connectivity index (χ1v) is 16.3. The minimum Gasteiger partial charge on any atom is -0.372 e. The largest absolute Gasteiger partial charge is 0.372 e. The second-order valence-electron chi connectivity index (χ2n) is 11.4. The molecule has 226 valence electrons. The second kappa shape index (κ2) is 12.6. The Bertz CT molecular complexity index is 1450. The lowest BCUT2D eigenvalue weighted by atomic mass is 10.0. The number of likely N-dealkylation sites (tertiary alicyclic amines) is 2. The number of Topliss-reactive ketones (excluding diaryl/α,β-unsaturated/α-hetero) is 1. The summed E-state index contributed by atoms with van der Waals surface area (Å²) in [5, 5.41) is 2.90. The highest BCUT2D eigenvalue weighted by Gasteiger charge is 2.52. The smallest absolute Gasteiger partial charge is 0.254 e. The number of nitrogens with one attached hydrogen (secondary N) is 1. The Morgan fingerprint density at radius 2 is 1.67 bits per heavy atom. The number of carbonyl (C=O) groups is 4. The number of hydrogen-bond acceptors (Lipinski definition) is 7. The molecule has 2 heterocycles. The van der Waals surface area contributed by atoms with Crippen molar-refractivity contribution in [3.63, 3.8) is 0 Å². The third-order valence-electron chi connectivity index (χ3n) is 8.04. The van der Waals surface area contributed by atoms with Crippen molar-refractivity contribution in [3.05, 3.63) is 59.7 Å². The molecule has 3 atom stereocenters.